The highest BCUT2D eigenvalue weighted by Gasteiger charge is 2.30. The number of aliphatic hydroxyl groups is 1. The molecule has 0 amide bonds. The number of thioether (sulfide) groups is 1. The van der Waals surface area contributed by atoms with Crippen molar-refractivity contribution < 1.29 is 37.7 Å². The van der Waals surface area contributed by atoms with E-state index in [9.17, 15) is 23.1 Å². The van der Waals surface area contributed by atoms with Gasteiger partial charge >= 0.3 is 12.1 Å². The Morgan fingerprint density at radius 2 is 1.74 bits per heavy atom. The highest BCUT2D eigenvalue weighted by atomic mass is 32.2. The first kappa shape index (κ1) is 32.3. The van der Waals surface area contributed by atoms with E-state index < -0.39 is 30.4 Å². The molecule has 1 unspecified atom stereocenters. The van der Waals surface area contributed by atoms with E-state index in [4.69, 9.17) is 20.3 Å². The number of alkyl halides is 3. The van der Waals surface area contributed by atoms with Gasteiger partial charge in [-0.05, 0) is 62.0 Å². The van der Waals surface area contributed by atoms with Crippen molar-refractivity contribution in [1.82, 2.24) is 0 Å². The number of halogens is 3. The first-order valence-electron chi connectivity index (χ1n) is 10.6. The molecule has 0 aromatic carbocycles. The van der Waals surface area contributed by atoms with E-state index in [2.05, 4.69) is 13.2 Å². The molecule has 0 aliphatic heterocycles. The molecule has 0 saturated heterocycles. The molecule has 0 aliphatic rings. The van der Waals surface area contributed by atoms with Crippen molar-refractivity contribution in [3.05, 3.63) is 82.3 Å². The molecule has 0 heterocycles. The Kier molecular flexibility index (Phi) is 14.8. The van der Waals surface area contributed by atoms with Gasteiger partial charge in [0.2, 0.25) is 0 Å². The smallest absolute Gasteiger partial charge is 0.416 e. The Hall–Kier alpha value is -2.69. The largest absolute Gasteiger partial charge is 0.508 e. The van der Waals surface area contributed by atoms with E-state index in [0.717, 1.165) is 17.1 Å². The molecule has 0 aromatic heterocycles. The van der Waals surface area contributed by atoms with Crippen molar-refractivity contribution in [2.45, 2.75) is 39.9 Å². The Morgan fingerprint density at radius 1 is 1.11 bits per heavy atom. The summed E-state index contributed by atoms with van der Waals surface area (Å²) >= 11 is 1.37. The number of ether oxygens (including phenoxy) is 2. The Labute approximate surface area is 209 Å². The van der Waals surface area contributed by atoms with Crippen LogP contribution in [0.1, 0.15) is 27.7 Å². The van der Waals surface area contributed by atoms with Crippen LogP contribution in [0.25, 0.3) is 0 Å². The maximum absolute atomic E-state index is 12.9. The molecule has 0 bridgehead atoms. The Balaban J connectivity index is 5.68. The van der Waals surface area contributed by atoms with Gasteiger partial charge in [-0.2, -0.15) is 13.2 Å². The molecule has 196 valence electrons. The first-order chi connectivity index (χ1) is 16.2. The van der Waals surface area contributed by atoms with E-state index in [0.29, 0.717) is 35.3 Å². The predicted octanol–water partition coefficient (Wildman–Crippen LogP) is 5.98. The molecular formula is C25H34F3NO5S. The minimum absolute atomic E-state index is 0.0119. The van der Waals surface area contributed by atoms with Gasteiger partial charge in [0.05, 0.1) is 12.2 Å². The van der Waals surface area contributed by atoms with E-state index in [-0.39, 0.29) is 17.9 Å². The van der Waals surface area contributed by atoms with Crippen molar-refractivity contribution in [1.29, 1.82) is 0 Å². The van der Waals surface area contributed by atoms with Gasteiger partial charge in [0.15, 0.2) is 6.61 Å². The number of carboxylic acid groups (broad SMARTS) is 1. The molecule has 0 radical (unpaired) electrons. The van der Waals surface area contributed by atoms with E-state index in [1.54, 1.807) is 26.0 Å². The van der Waals surface area contributed by atoms with Crippen molar-refractivity contribution in [2.24, 2.45) is 5.73 Å². The third-order valence-electron chi connectivity index (χ3n) is 4.38. The first-order valence-corrected chi connectivity index (χ1v) is 11.6. The van der Waals surface area contributed by atoms with Crippen molar-refractivity contribution in [3.8, 4) is 0 Å². The SMILES string of the molecule is C=C\C(=C/C=C(C)/C(O)=C(\COCC)C(N)CS/C(C)=C/C=C(/OCC(=O)O)C(=C)C)C(F)(F)F. The molecule has 35 heavy (non-hydrogen) atoms. The molecule has 0 aromatic rings. The molecule has 10 heteroatoms. The third-order valence-corrected chi connectivity index (χ3v) is 5.50. The minimum atomic E-state index is -4.56. The molecule has 0 fully saturated rings. The van der Waals surface area contributed by atoms with E-state index in [1.807, 2.05) is 6.92 Å². The second-order valence-corrected chi connectivity index (χ2v) is 8.64. The van der Waals surface area contributed by atoms with Gasteiger partial charge < -0.3 is 25.4 Å². The maximum atomic E-state index is 12.9. The summed E-state index contributed by atoms with van der Waals surface area (Å²) in [5.74, 6) is -0.671. The monoisotopic (exact) mass is 517 g/mol. The minimum Gasteiger partial charge on any atom is -0.508 e. The number of allylic oxidation sites excluding steroid dienone is 9. The van der Waals surface area contributed by atoms with Crippen LogP contribution < -0.4 is 5.73 Å². The zero-order valence-electron chi connectivity index (χ0n) is 20.4. The van der Waals surface area contributed by atoms with Gasteiger partial charge in [-0.3, -0.25) is 0 Å². The molecular weight excluding hydrogens is 483 g/mol. The average Bonchev–Trinajstić information content (AvgIpc) is 2.76. The molecule has 1 atom stereocenters. The molecule has 4 N–H and O–H groups in total. The summed E-state index contributed by atoms with van der Waals surface area (Å²) in [6.45, 7) is 13.5. The second kappa shape index (κ2) is 16.1. The lowest BCUT2D eigenvalue weighted by atomic mass is 10.0. The van der Waals surface area contributed by atoms with Crippen LogP contribution >= 0.6 is 11.8 Å². The zero-order chi connectivity index (χ0) is 27.2. The van der Waals surface area contributed by atoms with E-state index >= 15 is 0 Å². The fourth-order valence-electron chi connectivity index (χ4n) is 2.40. The van der Waals surface area contributed by atoms with Crippen LogP contribution in [0.5, 0.6) is 0 Å². The molecule has 0 aliphatic carbocycles. The van der Waals surface area contributed by atoms with Crippen LogP contribution in [0, 0.1) is 0 Å². The van der Waals surface area contributed by atoms with Gasteiger partial charge in [-0.25, -0.2) is 4.79 Å². The molecule has 0 rings (SSSR count). The number of hydrogen-bond acceptors (Lipinski definition) is 6. The summed E-state index contributed by atoms with van der Waals surface area (Å²) in [6, 6.07) is -0.656. The molecule has 0 spiro atoms. The number of aliphatic carboxylic acids is 1. The summed E-state index contributed by atoms with van der Waals surface area (Å²) in [5, 5.41) is 19.4. The van der Waals surface area contributed by atoms with Crippen molar-refractivity contribution >= 4 is 17.7 Å². The summed E-state index contributed by atoms with van der Waals surface area (Å²) in [4.78, 5) is 11.5. The van der Waals surface area contributed by atoms with Crippen LogP contribution in [0.3, 0.4) is 0 Å². The summed E-state index contributed by atoms with van der Waals surface area (Å²) in [7, 11) is 0. The Bertz CT molecular complexity index is 915. The number of rotatable bonds is 15. The van der Waals surface area contributed by atoms with Crippen molar-refractivity contribution in [2.75, 3.05) is 25.6 Å². The van der Waals surface area contributed by atoms with Crippen molar-refractivity contribution in [3.63, 3.8) is 0 Å². The number of aliphatic hydroxyl groups excluding tert-OH is 1. The zero-order valence-corrected chi connectivity index (χ0v) is 21.3. The number of hydrogen-bond donors (Lipinski definition) is 3. The lowest BCUT2D eigenvalue weighted by Gasteiger charge is -2.18. The van der Waals surface area contributed by atoms with Crippen LogP contribution in [-0.4, -0.2) is 54.0 Å². The highest BCUT2D eigenvalue weighted by Crippen LogP contribution is 2.27. The second-order valence-electron chi connectivity index (χ2n) is 7.37. The lowest BCUT2D eigenvalue weighted by Crippen LogP contribution is -2.29. The quantitative estimate of drug-likeness (QED) is 0.181. The molecule has 0 saturated carbocycles. The standard InChI is InChI=1S/C25H34F3NO5S/c1-7-19(25(26,27)28)11-9-17(5)24(32)20(13-33-8-2)21(29)15-35-18(6)10-12-22(16(3)4)34-14-23(30)31/h7,9-12,21,32H,1,3,8,13-15,29H2,2,4-6H3,(H,30,31)/b17-9+,18-10+,19-11+,22-12+,24-20-. The number of carbonyl (C=O) groups is 1. The normalized spacial score (nSPS) is 15.4. The maximum Gasteiger partial charge on any atom is 0.416 e. The van der Waals surface area contributed by atoms with Crippen LogP contribution in [0.4, 0.5) is 13.2 Å². The fourth-order valence-corrected chi connectivity index (χ4v) is 3.21. The number of nitrogens with two attached hydrogens (primary N) is 1. The average molecular weight is 518 g/mol. The molecule has 6 nitrogen and oxygen atoms in total. The van der Waals surface area contributed by atoms with Gasteiger partial charge in [0.25, 0.3) is 0 Å². The van der Waals surface area contributed by atoms with Crippen LogP contribution in [-0.2, 0) is 14.3 Å². The van der Waals surface area contributed by atoms with E-state index in [1.165, 1.54) is 18.7 Å². The summed E-state index contributed by atoms with van der Waals surface area (Å²) < 4.78 is 49.3. The lowest BCUT2D eigenvalue weighted by molar-refractivity contribution is -0.140. The summed E-state index contributed by atoms with van der Waals surface area (Å²) in [6.07, 6.45) is 1.45. The predicted molar refractivity (Wildman–Crippen MR) is 135 cm³/mol. The third kappa shape index (κ3) is 13.1. The van der Waals surface area contributed by atoms with Crippen LogP contribution in [0.2, 0.25) is 0 Å². The van der Waals surface area contributed by atoms with Gasteiger partial charge in [-0.1, -0.05) is 25.3 Å². The van der Waals surface area contributed by atoms with Gasteiger partial charge in [0, 0.05) is 24.0 Å². The fraction of sp³-hybridized carbons (Fsp3) is 0.400. The van der Waals surface area contributed by atoms with Gasteiger partial charge in [-0.15, -0.1) is 11.8 Å². The Morgan fingerprint density at radius 3 is 2.23 bits per heavy atom. The van der Waals surface area contributed by atoms with Gasteiger partial charge in [0.1, 0.15) is 11.5 Å². The van der Waals surface area contributed by atoms with Crippen LogP contribution in [0.15, 0.2) is 82.3 Å². The number of carboxylic acids is 1. The highest BCUT2D eigenvalue weighted by molar-refractivity contribution is 8.03. The summed E-state index contributed by atoms with van der Waals surface area (Å²) in [5.41, 5.74) is 6.45. The topological polar surface area (TPSA) is 102 Å².